The van der Waals surface area contributed by atoms with Gasteiger partial charge in [-0.3, -0.25) is 0 Å². The Morgan fingerprint density at radius 2 is 1.00 bits per heavy atom. The lowest BCUT2D eigenvalue weighted by atomic mass is 10.0. The third-order valence-corrected chi connectivity index (χ3v) is 13.7. The summed E-state index contributed by atoms with van der Waals surface area (Å²) in [5.41, 5.74) is 10.4. The molecule has 0 aliphatic carbocycles. The van der Waals surface area contributed by atoms with E-state index in [0.29, 0.717) is 0 Å². The van der Waals surface area contributed by atoms with Crippen molar-refractivity contribution in [3.05, 3.63) is 182 Å². The lowest BCUT2D eigenvalue weighted by Crippen LogP contribution is -2.10. The van der Waals surface area contributed by atoms with Gasteiger partial charge in [-0.25, -0.2) is 4.98 Å². The topological polar surface area (TPSA) is 16.1 Å². The van der Waals surface area contributed by atoms with Crippen LogP contribution in [0.4, 0.5) is 17.1 Å². The van der Waals surface area contributed by atoms with Gasteiger partial charge in [0.25, 0.3) is 0 Å². The Kier molecular flexibility index (Phi) is 7.44. The molecule has 3 aromatic heterocycles. The van der Waals surface area contributed by atoms with E-state index >= 15 is 0 Å². The molecule has 0 N–H and O–H groups in total. The summed E-state index contributed by atoms with van der Waals surface area (Å²) in [5, 5.41) is 6.15. The fourth-order valence-electron chi connectivity index (χ4n) is 7.75. The Labute approximate surface area is 324 Å². The zero-order valence-electron chi connectivity index (χ0n) is 28.9. The second-order valence-electron chi connectivity index (χ2n) is 13.5. The number of benzene rings is 8. The molecule has 0 fully saturated rings. The molecule has 5 heteroatoms. The highest BCUT2D eigenvalue weighted by Gasteiger charge is 2.19. The van der Waals surface area contributed by atoms with Gasteiger partial charge >= 0.3 is 0 Å². The highest BCUT2D eigenvalue weighted by atomic mass is 32.1. The van der Waals surface area contributed by atoms with Gasteiger partial charge in [-0.05, 0) is 82.9 Å². The first-order chi connectivity index (χ1) is 26.7. The molecular formula is C49H30N2S3. The molecule has 2 nitrogen and oxygen atoms in total. The number of thiophene rings is 2. The van der Waals surface area contributed by atoms with E-state index in [1.54, 1.807) is 11.3 Å². The summed E-state index contributed by atoms with van der Waals surface area (Å²) < 4.78 is 6.38. The van der Waals surface area contributed by atoms with Gasteiger partial charge < -0.3 is 4.90 Å². The smallest absolute Gasteiger partial charge is 0.124 e. The highest BCUT2D eigenvalue weighted by Crippen LogP contribution is 2.46. The van der Waals surface area contributed by atoms with Crippen molar-refractivity contribution in [2.24, 2.45) is 0 Å². The average molecular weight is 743 g/mol. The number of fused-ring (bicyclic) bond motifs is 8. The van der Waals surface area contributed by atoms with E-state index in [0.717, 1.165) is 33.1 Å². The summed E-state index contributed by atoms with van der Waals surface area (Å²) in [4.78, 5) is 7.67. The van der Waals surface area contributed by atoms with E-state index in [1.807, 2.05) is 22.7 Å². The van der Waals surface area contributed by atoms with Crippen LogP contribution in [0.15, 0.2) is 182 Å². The molecule has 8 aromatic carbocycles. The SMILES string of the molecule is c1ccc(-c2ccc(N(c3cccc(-c4cccc5c4sc4ccccc45)c3)c3ccc4sc5ccc6sc(-c7ccccc7)nc6c5c4c3)cc2)cc1. The van der Waals surface area contributed by atoms with Crippen LogP contribution in [-0.2, 0) is 0 Å². The van der Waals surface area contributed by atoms with Crippen LogP contribution in [-0.4, -0.2) is 4.98 Å². The van der Waals surface area contributed by atoms with Crippen LogP contribution in [0.3, 0.4) is 0 Å². The summed E-state index contributed by atoms with van der Waals surface area (Å²) in [5.74, 6) is 0. The average Bonchev–Trinajstić information content (AvgIpc) is 3.95. The quantitative estimate of drug-likeness (QED) is 0.169. The van der Waals surface area contributed by atoms with Gasteiger partial charge in [0.1, 0.15) is 5.01 Å². The van der Waals surface area contributed by atoms with Crippen molar-refractivity contribution in [2.75, 3.05) is 4.90 Å². The van der Waals surface area contributed by atoms with Gasteiger partial charge in [0.05, 0.1) is 10.2 Å². The van der Waals surface area contributed by atoms with Crippen LogP contribution in [0, 0.1) is 0 Å². The Balaban J connectivity index is 1.10. The molecule has 54 heavy (non-hydrogen) atoms. The summed E-state index contributed by atoms with van der Waals surface area (Å²) >= 11 is 5.49. The molecule has 0 aliphatic heterocycles. The number of aromatic nitrogens is 1. The van der Waals surface area contributed by atoms with Crippen LogP contribution in [0.25, 0.3) is 83.4 Å². The molecule has 0 saturated carbocycles. The van der Waals surface area contributed by atoms with Crippen LogP contribution < -0.4 is 4.90 Å². The van der Waals surface area contributed by atoms with Crippen molar-refractivity contribution >= 4 is 102 Å². The number of hydrogen-bond acceptors (Lipinski definition) is 5. The molecular weight excluding hydrogens is 713 g/mol. The molecule has 11 aromatic rings. The van der Waals surface area contributed by atoms with Gasteiger partial charge in [0.15, 0.2) is 0 Å². The molecule has 0 unspecified atom stereocenters. The largest absolute Gasteiger partial charge is 0.310 e. The second kappa shape index (κ2) is 12.8. The van der Waals surface area contributed by atoms with E-state index < -0.39 is 0 Å². The molecule has 254 valence electrons. The van der Waals surface area contributed by atoms with Gasteiger partial charge in [0, 0.05) is 63.0 Å². The Hall–Kier alpha value is -6.11. The Bertz CT molecular complexity index is 3160. The van der Waals surface area contributed by atoms with Crippen LogP contribution in [0.5, 0.6) is 0 Å². The number of nitrogens with zero attached hydrogens (tertiary/aromatic N) is 2. The first-order valence-electron chi connectivity index (χ1n) is 18.0. The van der Waals surface area contributed by atoms with Crippen LogP contribution in [0.1, 0.15) is 0 Å². The van der Waals surface area contributed by atoms with Crippen molar-refractivity contribution in [2.45, 2.75) is 0 Å². The summed E-state index contributed by atoms with van der Waals surface area (Å²) in [6.45, 7) is 0. The molecule has 0 saturated heterocycles. The minimum atomic E-state index is 1.05. The zero-order valence-corrected chi connectivity index (χ0v) is 31.4. The Morgan fingerprint density at radius 1 is 0.370 bits per heavy atom. The normalized spacial score (nSPS) is 11.7. The number of rotatable bonds is 6. The molecule has 0 bridgehead atoms. The number of hydrogen-bond donors (Lipinski definition) is 0. The summed E-state index contributed by atoms with van der Waals surface area (Å²) in [7, 11) is 0. The fourth-order valence-corrected chi connectivity index (χ4v) is 11.1. The van der Waals surface area contributed by atoms with Crippen LogP contribution >= 0.6 is 34.0 Å². The standard InChI is InChI=1S/C49H30N2S3/c1-3-11-31(12-4-1)32-21-23-35(24-22-32)51(36-16-9-15-34(29-36)38-18-10-19-40-39-17-7-8-20-42(39)53-48(38)40)37-25-26-43-41(30-37)46-44(52-43)27-28-45-47(46)50-49(54-45)33-13-5-2-6-14-33/h1-30H. The van der Waals surface area contributed by atoms with Gasteiger partial charge in [-0.15, -0.1) is 34.0 Å². The van der Waals surface area contributed by atoms with Crippen molar-refractivity contribution < 1.29 is 0 Å². The zero-order chi connectivity index (χ0) is 35.6. The van der Waals surface area contributed by atoms with Gasteiger partial charge in [-0.1, -0.05) is 121 Å². The molecule has 11 rings (SSSR count). The first kappa shape index (κ1) is 31.4. The van der Waals surface area contributed by atoms with Crippen molar-refractivity contribution in [1.82, 2.24) is 4.98 Å². The minimum Gasteiger partial charge on any atom is -0.310 e. The van der Waals surface area contributed by atoms with E-state index in [4.69, 9.17) is 4.98 Å². The molecule has 0 spiro atoms. The lowest BCUT2D eigenvalue weighted by molar-refractivity contribution is 1.29. The molecule has 0 radical (unpaired) electrons. The summed E-state index contributed by atoms with van der Waals surface area (Å²) in [6, 6.07) is 66.0. The van der Waals surface area contributed by atoms with E-state index in [2.05, 4.69) is 187 Å². The number of thiazole rings is 1. The maximum absolute atomic E-state index is 5.26. The van der Waals surface area contributed by atoms with E-state index in [-0.39, 0.29) is 0 Å². The van der Waals surface area contributed by atoms with E-state index in [1.165, 1.54) is 67.3 Å². The number of anilines is 3. The van der Waals surface area contributed by atoms with Gasteiger partial charge in [0.2, 0.25) is 0 Å². The molecule has 0 atom stereocenters. The molecule has 0 aliphatic rings. The van der Waals surface area contributed by atoms with Gasteiger partial charge in [-0.2, -0.15) is 0 Å². The highest BCUT2D eigenvalue weighted by molar-refractivity contribution is 7.27. The molecule has 0 amide bonds. The predicted molar refractivity (Wildman–Crippen MR) is 236 cm³/mol. The fraction of sp³-hybridized carbons (Fsp3) is 0. The Morgan fingerprint density at radius 3 is 1.85 bits per heavy atom. The first-order valence-corrected chi connectivity index (χ1v) is 20.5. The maximum Gasteiger partial charge on any atom is 0.124 e. The van der Waals surface area contributed by atoms with E-state index in [9.17, 15) is 0 Å². The van der Waals surface area contributed by atoms with Crippen molar-refractivity contribution in [3.63, 3.8) is 0 Å². The third kappa shape index (κ3) is 5.24. The maximum atomic E-state index is 5.26. The predicted octanol–water partition coefficient (Wildman–Crippen LogP) is 15.5. The third-order valence-electron chi connectivity index (χ3n) is 10.3. The lowest BCUT2D eigenvalue weighted by Gasteiger charge is -2.26. The van der Waals surface area contributed by atoms with Crippen molar-refractivity contribution in [1.29, 1.82) is 0 Å². The monoisotopic (exact) mass is 742 g/mol. The molecule has 3 heterocycles. The second-order valence-corrected chi connectivity index (χ2v) is 16.7. The summed E-state index contributed by atoms with van der Waals surface area (Å²) in [6.07, 6.45) is 0. The minimum absolute atomic E-state index is 1.05. The van der Waals surface area contributed by atoms with Crippen LogP contribution in [0.2, 0.25) is 0 Å². The van der Waals surface area contributed by atoms with Crippen molar-refractivity contribution in [3.8, 4) is 32.8 Å².